The quantitative estimate of drug-likeness (QED) is 0.803. The minimum absolute atomic E-state index is 0.0488. The first-order chi connectivity index (χ1) is 9.72. The Bertz CT molecular complexity index is 636. The third kappa shape index (κ3) is 4.47. The molecule has 1 amide bonds. The van der Waals surface area contributed by atoms with E-state index in [1.54, 1.807) is 6.92 Å². The predicted octanol–water partition coefficient (Wildman–Crippen LogP) is 1.34. The highest BCUT2D eigenvalue weighted by molar-refractivity contribution is 9.10. The Morgan fingerprint density at radius 1 is 1.48 bits per heavy atom. The minimum atomic E-state index is -4.14. The van der Waals surface area contributed by atoms with Gasteiger partial charge in [-0.25, -0.2) is 17.9 Å². The number of hydrogen-bond donors (Lipinski definition) is 1. The number of amides is 1. The molecule has 2 N–H and O–H groups in total. The van der Waals surface area contributed by atoms with Gasteiger partial charge in [-0.2, -0.15) is 0 Å². The van der Waals surface area contributed by atoms with Gasteiger partial charge in [0.2, 0.25) is 10.0 Å². The molecule has 0 aliphatic carbocycles. The molecule has 0 aliphatic rings. The van der Waals surface area contributed by atoms with Crippen molar-refractivity contribution in [1.29, 1.82) is 0 Å². The number of methoxy groups -OCH3 is 1. The summed E-state index contributed by atoms with van der Waals surface area (Å²) in [5.74, 6) is -1.36. The van der Waals surface area contributed by atoms with E-state index in [0.29, 0.717) is 19.7 Å². The second-order valence-electron chi connectivity index (χ2n) is 4.19. The van der Waals surface area contributed by atoms with Crippen LogP contribution in [0, 0.1) is 5.82 Å². The number of benzene rings is 1. The van der Waals surface area contributed by atoms with Crippen molar-refractivity contribution >= 4 is 31.9 Å². The molecule has 1 aromatic rings. The van der Waals surface area contributed by atoms with Crippen molar-refractivity contribution in [2.75, 3.05) is 26.8 Å². The molecule has 0 fully saturated rings. The predicted molar refractivity (Wildman–Crippen MR) is 78.9 cm³/mol. The Kier molecular flexibility index (Phi) is 6.26. The van der Waals surface area contributed by atoms with Crippen LogP contribution in [-0.4, -0.2) is 46.0 Å². The SMILES string of the molecule is CCN(CCOC)C(=O)c1cc(F)cc(S(N)(=O)=O)c1Br. The van der Waals surface area contributed by atoms with Crippen LogP contribution >= 0.6 is 15.9 Å². The third-order valence-corrected chi connectivity index (χ3v) is 4.83. The number of halogens is 2. The fourth-order valence-corrected chi connectivity index (χ4v) is 3.41. The summed E-state index contributed by atoms with van der Waals surface area (Å²) in [6, 6.07) is 1.73. The smallest absolute Gasteiger partial charge is 0.255 e. The van der Waals surface area contributed by atoms with Crippen molar-refractivity contribution in [2.45, 2.75) is 11.8 Å². The Hall–Kier alpha value is -1.03. The first-order valence-corrected chi connectivity index (χ1v) is 8.36. The normalized spacial score (nSPS) is 11.5. The number of ether oxygens (including phenoxy) is 1. The van der Waals surface area contributed by atoms with Crippen molar-refractivity contribution in [2.24, 2.45) is 5.14 Å². The fourth-order valence-electron chi connectivity index (χ4n) is 1.70. The lowest BCUT2D eigenvalue weighted by Gasteiger charge is -2.21. The van der Waals surface area contributed by atoms with E-state index in [0.717, 1.165) is 12.1 Å². The van der Waals surface area contributed by atoms with Crippen LogP contribution in [0.2, 0.25) is 0 Å². The summed E-state index contributed by atoms with van der Waals surface area (Å²) in [5, 5.41) is 5.01. The van der Waals surface area contributed by atoms with Crippen molar-refractivity contribution in [3.05, 3.63) is 28.0 Å². The molecule has 118 valence electrons. The highest BCUT2D eigenvalue weighted by Gasteiger charge is 2.24. The van der Waals surface area contributed by atoms with E-state index in [-0.39, 0.29) is 10.0 Å². The van der Waals surface area contributed by atoms with Gasteiger partial charge in [0.05, 0.1) is 21.5 Å². The Balaban J connectivity index is 3.30. The van der Waals surface area contributed by atoms with Crippen LogP contribution in [0.5, 0.6) is 0 Å². The van der Waals surface area contributed by atoms with E-state index in [4.69, 9.17) is 9.88 Å². The largest absolute Gasteiger partial charge is 0.383 e. The zero-order chi connectivity index (χ0) is 16.2. The maximum absolute atomic E-state index is 13.6. The van der Waals surface area contributed by atoms with E-state index >= 15 is 0 Å². The van der Waals surface area contributed by atoms with Gasteiger partial charge in [-0.3, -0.25) is 4.79 Å². The maximum Gasteiger partial charge on any atom is 0.255 e. The van der Waals surface area contributed by atoms with Crippen molar-refractivity contribution < 1.29 is 22.3 Å². The average Bonchev–Trinajstić information content (AvgIpc) is 2.40. The summed E-state index contributed by atoms with van der Waals surface area (Å²) < 4.78 is 41.3. The molecule has 0 saturated carbocycles. The van der Waals surface area contributed by atoms with Crippen LogP contribution in [0.25, 0.3) is 0 Å². The molecule has 6 nitrogen and oxygen atoms in total. The molecule has 9 heteroatoms. The lowest BCUT2D eigenvalue weighted by Crippen LogP contribution is -2.34. The van der Waals surface area contributed by atoms with Gasteiger partial charge in [-0.15, -0.1) is 0 Å². The molecule has 0 aromatic heterocycles. The van der Waals surface area contributed by atoms with Crippen LogP contribution < -0.4 is 5.14 Å². The van der Waals surface area contributed by atoms with Crippen LogP contribution in [0.15, 0.2) is 21.5 Å². The Morgan fingerprint density at radius 2 is 2.10 bits per heavy atom. The number of sulfonamides is 1. The molecule has 0 unspecified atom stereocenters. The van der Waals surface area contributed by atoms with E-state index < -0.39 is 26.6 Å². The standard InChI is InChI=1S/C12H16BrFN2O4S/c1-3-16(4-5-20-2)12(17)9-6-8(14)7-10(11(9)13)21(15,18)19/h6-7H,3-5H2,1-2H3,(H2,15,18,19). The van der Waals surface area contributed by atoms with Gasteiger partial charge in [0, 0.05) is 20.2 Å². The summed E-state index contributed by atoms with van der Waals surface area (Å²) in [6.07, 6.45) is 0. The van der Waals surface area contributed by atoms with Crippen molar-refractivity contribution in [3.63, 3.8) is 0 Å². The monoisotopic (exact) mass is 382 g/mol. The van der Waals surface area contributed by atoms with E-state index in [2.05, 4.69) is 15.9 Å². The number of primary sulfonamides is 1. The first kappa shape index (κ1) is 18.0. The van der Waals surface area contributed by atoms with Gasteiger partial charge in [-0.05, 0) is 35.0 Å². The number of nitrogens with two attached hydrogens (primary N) is 1. The fraction of sp³-hybridized carbons (Fsp3) is 0.417. The highest BCUT2D eigenvalue weighted by atomic mass is 79.9. The summed E-state index contributed by atoms with van der Waals surface area (Å²) in [5.41, 5.74) is -0.100. The third-order valence-electron chi connectivity index (χ3n) is 2.78. The zero-order valence-corrected chi connectivity index (χ0v) is 14.0. The van der Waals surface area contributed by atoms with E-state index in [1.807, 2.05) is 0 Å². The molecule has 0 aliphatic heterocycles. The molecule has 0 atom stereocenters. The maximum atomic E-state index is 13.6. The summed E-state index contributed by atoms with van der Waals surface area (Å²) in [7, 11) is -2.65. The Morgan fingerprint density at radius 3 is 2.57 bits per heavy atom. The van der Waals surface area contributed by atoms with Crippen molar-refractivity contribution in [1.82, 2.24) is 4.90 Å². The number of rotatable bonds is 6. The highest BCUT2D eigenvalue weighted by Crippen LogP contribution is 2.27. The molecule has 0 bridgehead atoms. The number of nitrogens with zero attached hydrogens (tertiary/aromatic N) is 1. The lowest BCUT2D eigenvalue weighted by molar-refractivity contribution is 0.0704. The topological polar surface area (TPSA) is 89.7 Å². The van der Waals surface area contributed by atoms with Gasteiger partial charge < -0.3 is 9.64 Å². The van der Waals surface area contributed by atoms with Crippen molar-refractivity contribution in [3.8, 4) is 0 Å². The Labute approximate surface area is 131 Å². The molecule has 0 spiro atoms. The molecule has 0 saturated heterocycles. The number of carbonyl (C=O) groups is 1. The van der Waals surface area contributed by atoms with Crippen LogP contribution in [0.4, 0.5) is 4.39 Å². The minimum Gasteiger partial charge on any atom is -0.383 e. The molecule has 1 aromatic carbocycles. The summed E-state index contributed by atoms with van der Waals surface area (Å²) in [4.78, 5) is 13.3. The summed E-state index contributed by atoms with van der Waals surface area (Å²) >= 11 is 3.01. The van der Waals surface area contributed by atoms with Gasteiger partial charge >= 0.3 is 0 Å². The lowest BCUT2D eigenvalue weighted by atomic mass is 10.2. The van der Waals surface area contributed by atoms with Crippen LogP contribution in [0.1, 0.15) is 17.3 Å². The number of likely N-dealkylation sites (N-methyl/N-ethyl adjacent to an activating group) is 1. The molecular weight excluding hydrogens is 367 g/mol. The second-order valence-corrected chi connectivity index (χ2v) is 6.51. The van der Waals surface area contributed by atoms with Crippen LogP contribution in [0.3, 0.4) is 0 Å². The number of carbonyl (C=O) groups excluding carboxylic acids is 1. The molecular formula is C12H16BrFN2O4S. The molecule has 21 heavy (non-hydrogen) atoms. The van der Waals surface area contributed by atoms with E-state index in [9.17, 15) is 17.6 Å². The molecule has 0 heterocycles. The van der Waals surface area contributed by atoms with E-state index in [1.165, 1.54) is 12.0 Å². The van der Waals surface area contributed by atoms with Gasteiger partial charge in [0.25, 0.3) is 5.91 Å². The molecule has 0 radical (unpaired) electrons. The number of hydrogen-bond acceptors (Lipinski definition) is 4. The van der Waals surface area contributed by atoms with Gasteiger partial charge in [0.15, 0.2) is 0 Å². The summed E-state index contributed by atoms with van der Waals surface area (Å²) in [6.45, 7) is 2.74. The molecule has 1 rings (SSSR count). The zero-order valence-electron chi connectivity index (χ0n) is 11.6. The van der Waals surface area contributed by atoms with Gasteiger partial charge in [0.1, 0.15) is 5.82 Å². The second kappa shape index (κ2) is 7.30. The van der Waals surface area contributed by atoms with Crippen LogP contribution in [-0.2, 0) is 14.8 Å². The average molecular weight is 383 g/mol. The first-order valence-electron chi connectivity index (χ1n) is 6.02. The van der Waals surface area contributed by atoms with Gasteiger partial charge in [-0.1, -0.05) is 0 Å².